The summed E-state index contributed by atoms with van der Waals surface area (Å²) in [7, 11) is 2.75. The molecule has 2 aliphatic heterocycles. The highest BCUT2D eigenvalue weighted by Gasteiger charge is 2.19. The summed E-state index contributed by atoms with van der Waals surface area (Å²) in [6.07, 6.45) is 0. The summed E-state index contributed by atoms with van der Waals surface area (Å²) in [4.78, 5) is 18.5. The van der Waals surface area contributed by atoms with Gasteiger partial charge in [-0.15, -0.1) is 0 Å². The van der Waals surface area contributed by atoms with Gasteiger partial charge in [-0.05, 0) is 115 Å². The normalized spacial score (nSPS) is 14.6. The highest BCUT2D eigenvalue weighted by atomic mass is 35.5. The maximum atomic E-state index is 13.3. The molecule has 2 N–H and O–H groups in total. The van der Waals surface area contributed by atoms with Gasteiger partial charge in [0.25, 0.3) is 0 Å². The standard InChI is InChI=1S/C22H21F2N3.C16H18ClN3.C6H6BFO2/c1-26-10-12-27(13-11-26)22-15-18(16-2-6-19(23)7-3-16)14-21(25-22)17-4-8-20(24)9-5-17;1-19-7-9-20(10-8-19)16-12-14(11-15(17)18-16)13-5-3-2-4-6-13;8-6-3-1-5(2-4-6)7(9)10/h2-9,14-15H,10-13H2,1H3;2-6,11-12H,7-10H2,1H3;1-4,9-10H. The van der Waals surface area contributed by atoms with E-state index in [0.29, 0.717) is 10.6 Å². The van der Waals surface area contributed by atoms with Crippen molar-refractivity contribution in [2.75, 3.05) is 76.3 Å². The molecule has 4 aromatic carbocycles. The number of benzene rings is 4. The average Bonchev–Trinajstić information content (AvgIpc) is 3.22. The van der Waals surface area contributed by atoms with Gasteiger partial charge < -0.3 is 29.6 Å². The lowest BCUT2D eigenvalue weighted by Gasteiger charge is -2.33. The second-order valence-electron chi connectivity index (χ2n) is 14.0. The van der Waals surface area contributed by atoms with Gasteiger partial charge in [0.2, 0.25) is 0 Å². The molecule has 0 atom stereocenters. The van der Waals surface area contributed by atoms with E-state index in [1.165, 1.54) is 54.1 Å². The van der Waals surface area contributed by atoms with Crippen molar-refractivity contribution in [3.8, 4) is 33.5 Å². The van der Waals surface area contributed by atoms with Crippen LogP contribution in [0.2, 0.25) is 5.15 Å². The lowest BCUT2D eigenvalue weighted by molar-refractivity contribution is 0.312. The number of rotatable bonds is 6. The number of piperazine rings is 2. The number of hydrogen-bond donors (Lipinski definition) is 2. The number of hydrogen-bond acceptors (Lipinski definition) is 8. The van der Waals surface area contributed by atoms with Gasteiger partial charge in [0.1, 0.15) is 34.2 Å². The monoisotopic (exact) mass is 792 g/mol. The number of anilines is 2. The largest absolute Gasteiger partial charge is 0.488 e. The first-order valence-electron chi connectivity index (χ1n) is 18.8. The van der Waals surface area contributed by atoms with Crippen LogP contribution in [0.4, 0.5) is 24.8 Å². The lowest BCUT2D eigenvalue weighted by Crippen LogP contribution is -2.44. The van der Waals surface area contributed by atoms with E-state index in [2.05, 4.69) is 56.9 Å². The van der Waals surface area contributed by atoms with Gasteiger partial charge in [-0.3, -0.25) is 0 Å². The second kappa shape index (κ2) is 19.8. The van der Waals surface area contributed by atoms with Crippen molar-refractivity contribution in [1.82, 2.24) is 19.8 Å². The van der Waals surface area contributed by atoms with Crippen molar-refractivity contribution < 1.29 is 23.2 Å². The van der Waals surface area contributed by atoms with Gasteiger partial charge in [0, 0.05) is 57.9 Å². The molecule has 0 radical (unpaired) electrons. The van der Waals surface area contributed by atoms with Crippen LogP contribution in [0.1, 0.15) is 0 Å². The van der Waals surface area contributed by atoms with E-state index in [0.717, 1.165) is 91.9 Å². The van der Waals surface area contributed by atoms with E-state index >= 15 is 0 Å². The zero-order valence-corrected chi connectivity index (χ0v) is 32.7. The van der Waals surface area contributed by atoms with Gasteiger partial charge in [-0.25, -0.2) is 23.1 Å². The minimum atomic E-state index is -1.51. The SMILES string of the molecule is CN1CCN(c2cc(-c3ccc(F)cc3)cc(-c3ccc(F)cc3)n2)CC1.CN1CCN(c2cc(-c3ccccc3)cc(Cl)n2)CC1.OB(O)c1ccc(F)cc1. The van der Waals surface area contributed by atoms with Crippen molar-refractivity contribution >= 4 is 35.8 Å². The first-order chi connectivity index (χ1) is 27.5. The summed E-state index contributed by atoms with van der Waals surface area (Å²) in [6, 6.07) is 36.2. The number of aromatic nitrogens is 2. The molecule has 2 aromatic heterocycles. The van der Waals surface area contributed by atoms with Gasteiger partial charge in [-0.2, -0.15) is 0 Å². The molecular formula is C44H45BClF3N6O2. The van der Waals surface area contributed by atoms with Gasteiger partial charge in [-0.1, -0.05) is 66.2 Å². The molecule has 4 heterocycles. The van der Waals surface area contributed by atoms with Crippen LogP contribution in [0.3, 0.4) is 0 Å². The van der Waals surface area contributed by atoms with Crippen molar-refractivity contribution in [2.24, 2.45) is 0 Å². The Labute approximate surface area is 337 Å². The molecule has 8 rings (SSSR count). The minimum absolute atomic E-state index is 0.258. The Bertz CT molecular complexity index is 2110. The molecule has 2 aliphatic rings. The molecule has 13 heteroatoms. The van der Waals surface area contributed by atoms with Gasteiger partial charge in [0.15, 0.2) is 0 Å². The zero-order chi connectivity index (χ0) is 40.3. The third kappa shape index (κ3) is 11.9. The van der Waals surface area contributed by atoms with Gasteiger partial charge >= 0.3 is 7.12 Å². The van der Waals surface area contributed by atoms with Crippen molar-refractivity contribution in [3.05, 3.63) is 150 Å². The zero-order valence-electron chi connectivity index (χ0n) is 31.9. The fourth-order valence-electron chi connectivity index (χ4n) is 6.40. The van der Waals surface area contributed by atoms with Crippen LogP contribution in [-0.2, 0) is 0 Å². The summed E-state index contributed by atoms with van der Waals surface area (Å²) in [5.41, 5.74) is 6.13. The molecule has 0 bridgehead atoms. The topological polar surface area (TPSA) is 79.2 Å². The third-order valence-electron chi connectivity index (χ3n) is 9.84. The fraction of sp³-hybridized carbons (Fsp3) is 0.227. The predicted octanol–water partition coefficient (Wildman–Crippen LogP) is 7.10. The first-order valence-corrected chi connectivity index (χ1v) is 19.1. The van der Waals surface area contributed by atoms with Crippen LogP contribution in [0.25, 0.3) is 33.5 Å². The number of halogens is 4. The predicted molar refractivity (Wildman–Crippen MR) is 225 cm³/mol. The Hall–Kier alpha value is -5.24. The maximum Gasteiger partial charge on any atom is 0.488 e. The first kappa shape index (κ1) is 41.4. The molecule has 0 aliphatic carbocycles. The van der Waals surface area contributed by atoms with Crippen LogP contribution in [0, 0.1) is 17.5 Å². The van der Waals surface area contributed by atoms with E-state index in [1.54, 1.807) is 24.3 Å². The van der Waals surface area contributed by atoms with Crippen molar-refractivity contribution in [2.45, 2.75) is 0 Å². The Morgan fingerprint density at radius 2 is 0.912 bits per heavy atom. The molecule has 0 amide bonds. The van der Waals surface area contributed by atoms with Crippen LogP contribution in [0.5, 0.6) is 0 Å². The highest BCUT2D eigenvalue weighted by molar-refractivity contribution is 6.58. The molecule has 294 valence electrons. The van der Waals surface area contributed by atoms with Crippen LogP contribution < -0.4 is 15.3 Å². The Morgan fingerprint density at radius 1 is 0.491 bits per heavy atom. The maximum absolute atomic E-state index is 13.3. The summed E-state index contributed by atoms with van der Waals surface area (Å²) < 4.78 is 38.8. The molecule has 2 fully saturated rings. The Kier molecular flexibility index (Phi) is 14.4. The highest BCUT2D eigenvalue weighted by Crippen LogP contribution is 2.30. The summed E-state index contributed by atoms with van der Waals surface area (Å²) in [6.45, 7) is 7.89. The molecule has 57 heavy (non-hydrogen) atoms. The van der Waals surface area contributed by atoms with E-state index in [1.807, 2.05) is 36.4 Å². The molecule has 0 spiro atoms. The van der Waals surface area contributed by atoms with Gasteiger partial charge in [0.05, 0.1) is 5.69 Å². The molecule has 0 unspecified atom stereocenters. The smallest absolute Gasteiger partial charge is 0.423 e. The molecular weight excluding hydrogens is 748 g/mol. The second-order valence-corrected chi connectivity index (χ2v) is 14.4. The number of likely N-dealkylation sites (N-methyl/N-ethyl adjacent to an activating group) is 2. The van der Waals surface area contributed by atoms with E-state index in [-0.39, 0.29) is 17.5 Å². The minimum Gasteiger partial charge on any atom is -0.423 e. The van der Waals surface area contributed by atoms with E-state index in [9.17, 15) is 13.2 Å². The van der Waals surface area contributed by atoms with Crippen molar-refractivity contribution in [1.29, 1.82) is 0 Å². The fourth-order valence-corrected chi connectivity index (χ4v) is 6.61. The molecule has 6 aromatic rings. The van der Waals surface area contributed by atoms with E-state index in [4.69, 9.17) is 26.6 Å². The summed E-state index contributed by atoms with van der Waals surface area (Å²) in [5, 5.41) is 17.7. The van der Waals surface area contributed by atoms with E-state index < -0.39 is 7.12 Å². The number of pyridine rings is 2. The summed E-state index contributed by atoms with van der Waals surface area (Å²) in [5.74, 6) is 0.955. The molecule has 0 saturated carbocycles. The average molecular weight is 793 g/mol. The number of nitrogens with zero attached hydrogens (tertiary/aromatic N) is 6. The quantitative estimate of drug-likeness (QED) is 0.137. The van der Waals surface area contributed by atoms with Crippen LogP contribution >= 0.6 is 11.6 Å². The summed E-state index contributed by atoms with van der Waals surface area (Å²) >= 11 is 6.20. The molecule has 8 nitrogen and oxygen atoms in total. The van der Waals surface area contributed by atoms with Crippen LogP contribution in [-0.4, -0.2) is 103 Å². The Morgan fingerprint density at radius 3 is 1.40 bits per heavy atom. The van der Waals surface area contributed by atoms with Crippen molar-refractivity contribution in [3.63, 3.8) is 0 Å². The molecule has 2 saturated heterocycles. The Balaban J connectivity index is 0.000000160. The third-order valence-corrected chi connectivity index (χ3v) is 10.0. The van der Waals surface area contributed by atoms with Crippen LogP contribution in [0.15, 0.2) is 127 Å². The lowest BCUT2D eigenvalue weighted by atomic mass is 9.80.